The van der Waals surface area contributed by atoms with Crippen LogP contribution in [0.3, 0.4) is 0 Å². The van der Waals surface area contributed by atoms with Crippen LogP contribution in [0, 0.1) is 0 Å². The Balaban J connectivity index is 2.79. The summed E-state index contributed by atoms with van der Waals surface area (Å²) < 4.78 is 0.899. The third-order valence-electron chi connectivity index (χ3n) is 1.67. The molecule has 0 fully saturated rings. The zero-order chi connectivity index (χ0) is 9.84. The summed E-state index contributed by atoms with van der Waals surface area (Å²) in [5.74, 6) is 0. The van der Waals surface area contributed by atoms with E-state index >= 15 is 0 Å². The number of anilines is 1. The first-order valence-corrected chi connectivity index (χ1v) is 5.14. The molecule has 0 aliphatic rings. The molecule has 1 atom stereocenters. The normalized spacial score (nSPS) is 12.2. The lowest BCUT2D eigenvalue weighted by Crippen LogP contribution is -2.10. The van der Waals surface area contributed by atoms with E-state index < -0.39 is 0 Å². The van der Waals surface area contributed by atoms with Crippen LogP contribution in [0.5, 0.6) is 0 Å². The van der Waals surface area contributed by atoms with Crippen LogP contribution in [-0.4, -0.2) is 6.04 Å². The predicted octanol–water partition coefficient (Wildman–Crippen LogP) is 4.09. The number of halogens is 2. The smallest absolute Gasteiger partial charge is 0.0549 e. The predicted molar refractivity (Wildman–Crippen MR) is 62.4 cm³/mol. The van der Waals surface area contributed by atoms with Gasteiger partial charge in [0, 0.05) is 16.2 Å². The minimum absolute atomic E-state index is 0.257. The van der Waals surface area contributed by atoms with Crippen molar-refractivity contribution in [1.29, 1.82) is 0 Å². The Labute approximate surface area is 91.9 Å². The van der Waals surface area contributed by atoms with E-state index in [2.05, 4.69) is 27.8 Å². The van der Waals surface area contributed by atoms with Crippen LogP contribution < -0.4 is 5.32 Å². The average Bonchev–Trinajstić information content (AvgIpc) is 2.11. The molecule has 0 saturated heterocycles. The van der Waals surface area contributed by atoms with Crippen molar-refractivity contribution >= 4 is 33.2 Å². The highest BCUT2D eigenvalue weighted by atomic mass is 79.9. The third-order valence-corrected chi connectivity index (χ3v) is 2.88. The van der Waals surface area contributed by atoms with Crippen molar-refractivity contribution in [2.45, 2.75) is 13.0 Å². The van der Waals surface area contributed by atoms with Crippen LogP contribution in [-0.2, 0) is 0 Å². The largest absolute Gasteiger partial charge is 0.379 e. The molecule has 1 N–H and O–H groups in total. The summed E-state index contributed by atoms with van der Waals surface area (Å²) in [7, 11) is 0. The second-order valence-corrected chi connectivity index (χ2v) is 4.06. The van der Waals surface area contributed by atoms with Crippen LogP contribution in [0.25, 0.3) is 0 Å². The molecule has 0 aromatic heterocycles. The second kappa shape index (κ2) is 4.68. The molecule has 0 bridgehead atoms. The van der Waals surface area contributed by atoms with E-state index in [0.29, 0.717) is 0 Å². The summed E-state index contributed by atoms with van der Waals surface area (Å²) in [6.07, 6.45) is 1.85. The molecule has 0 aliphatic carbocycles. The molecule has 0 radical (unpaired) electrons. The van der Waals surface area contributed by atoms with Crippen molar-refractivity contribution in [2.24, 2.45) is 0 Å². The SMILES string of the molecule is C=CC(C)Nc1ccc(Cl)c(Br)c1. The number of hydrogen-bond donors (Lipinski definition) is 1. The monoisotopic (exact) mass is 259 g/mol. The van der Waals surface area contributed by atoms with Crippen molar-refractivity contribution in [3.8, 4) is 0 Å². The van der Waals surface area contributed by atoms with Gasteiger partial charge in [-0.25, -0.2) is 0 Å². The molecule has 13 heavy (non-hydrogen) atoms. The van der Waals surface area contributed by atoms with Gasteiger partial charge < -0.3 is 5.32 Å². The lowest BCUT2D eigenvalue weighted by molar-refractivity contribution is 1.00. The molecule has 0 amide bonds. The quantitative estimate of drug-likeness (QED) is 0.807. The maximum absolute atomic E-state index is 5.86. The van der Waals surface area contributed by atoms with E-state index in [9.17, 15) is 0 Å². The van der Waals surface area contributed by atoms with Crippen LogP contribution >= 0.6 is 27.5 Å². The lowest BCUT2D eigenvalue weighted by Gasteiger charge is -2.11. The third kappa shape index (κ3) is 3.05. The average molecular weight is 261 g/mol. The Bertz CT molecular complexity index is 312. The van der Waals surface area contributed by atoms with Gasteiger partial charge in [0.25, 0.3) is 0 Å². The summed E-state index contributed by atoms with van der Waals surface area (Å²) in [5, 5.41) is 3.97. The van der Waals surface area contributed by atoms with E-state index in [-0.39, 0.29) is 6.04 Å². The van der Waals surface area contributed by atoms with Crippen molar-refractivity contribution in [3.05, 3.63) is 40.3 Å². The van der Waals surface area contributed by atoms with Gasteiger partial charge in [0.2, 0.25) is 0 Å². The minimum Gasteiger partial charge on any atom is -0.379 e. The van der Waals surface area contributed by atoms with Gasteiger partial charge in [0.15, 0.2) is 0 Å². The van der Waals surface area contributed by atoms with Crippen LogP contribution in [0.15, 0.2) is 35.3 Å². The number of nitrogens with one attached hydrogen (secondary N) is 1. The Hall–Kier alpha value is -0.470. The second-order valence-electron chi connectivity index (χ2n) is 2.80. The molecular formula is C10H11BrClN. The molecule has 1 rings (SSSR count). The van der Waals surface area contributed by atoms with Crippen LogP contribution in [0.4, 0.5) is 5.69 Å². The highest BCUT2D eigenvalue weighted by Gasteiger charge is 2.00. The van der Waals surface area contributed by atoms with E-state index in [1.165, 1.54) is 0 Å². The van der Waals surface area contributed by atoms with Gasteiger partial charge >= 0.3 is 0 Å². The Morgan fingerprint density at radius 1 is 1.62 bits per heavy atom. The van der Waals surface area contributed by atoms with Gasteiger partial charge in [0.05, 0.1) is 5.02 Å². The fourth-order valence-corrected chi connectivity index (χ4v) is 1.40. The van der Waals surface area contributed by atoms with Crippen molar-refractivity contribution in [3.63, 3.8) is 0 Å². The minimum atomic E-state index is 0.257. The van der Waals surface area contributed by atoms with E-state index in [4.69, 9.17) is 11.6 Å². The van der Waals surface area contributed by atoms with Gasteiger partial charge in [-0.05, 0) is 41.1 Å². The van der Waals surface area contributed by atoms with Crippen LogP contribution in [0.1, 0.15) is 6.92 Å². The standard InChI is InChI=1S/C10H11BrClN/c1-3-7(2)13-8-4-5-10(12)9(11)6-8/h3-7,13H,1H2,2H3. The molecule has 70 valence electrons. The summed E-state index contributed by atoms with van der Waals surface area (Å²) in [6, 6.07) is 5.99. The summed E-state index contributed by atoms with van der Waals surface area (Å²) in [6.45, 7) is 5.73. The first kappa shape index (κ1) is 10.6. The molecular weight excluding hydrogens is 249 g/mol. The first-order chi connectivity index (χ1) is 6.13. The molecule has 1 nitrogen and oxygen atoms in total. The van der Waals surface area contributed by atoms with Crippen LogP contribution in [0.2, 0.25) is 5.02 Å². The van der Waals surface area contributed by atoms with Crippen molar-refractivity contribution in [1.82, 2.24) is 0 Å². The van der Waals surface area contributed by atoms with E-state index in [0.717, 1.165) is 15.2 Å². The lowest BCUT2D eigenvalue weighted by atomic mass is 10.2. The van der Waals surface area contributed by atoms with E-state index in [1.54, 1.807) is 0 Å². The van der Waals surface area contributed by atoms with Gasteiger partial charge in [0.1, 0.15) is 0 Å². The van der Waals surface area contributed by atoms with E-state index in [1.807, 2.05) is 31.2 Å². The summed E-state index contributed by atoms with van der Waals surface area (Å²) in [5.41, 5.74) is 1.03. The first-order valence-electron chi connectivity index (χ1n) is 3.97. The zero-order valence-corrected chi connectivity index (χ0v) is 9.69. The summed E-state index contributed by atoms with van der Waals surface area (Å²) in [4.78, 5) is 0. The van der Waals surface area contributed by atoms with Gasteiger partial charge in [-0.15, -0.1) is 6.58 Å². The Morgan fingerprint density at radius 2 is 2.31 bits per heavy atom. The number of rotatable bonds is 3. The summed E-state index contributed by atoms with van der Waals surface area (Å²) >= 11 is 9.22. The molecule has 3 heteroatoms. The molecule has 0 spiro atoms. The maximum Gasteiger partial charge on any atom is 0.0549 e. The highest BCUT2D eigenvalue weighted by molar-refractivity contribution is 9.10. The topological polar surface area (TPSA) is 12.0 Å². The molecule has 1 unspecified atom stereocenters. The van der Waals surface area contributed by atoms with Gasteiger partial charge in [-0.2, -0.15) is 0 Å². The fraction of sp³-hybridized carbons (Fsp3) is 0.200. The number of hydrogen-bond acceptors (Lipinski definition) is 1. The molecule has 0 heterocycles. The Morgan fingerprint density at radius 3 is 2.85 bits per heavy atom. The highest BCUT2D eigenvalue weighted by Crippen LogP contribution is 2.25. The van der Waals surface area contributed by atoms with Crippen molar-refractivity contribution < 1.29 is 0 Å². The van der Waals surface area contributed by atoms with Gasteiger partial charge in [-0.1, -0.05) is 17.7 Å². The molecule has 0 saturated carbocycles. The Kier molecular flexibility index (Phi) is 3.82. The number of benzene rings is 1. The fourth-order valence-electron chi connectivity index (χ4n) is 0.908. The van der Waals surface area contributed by atoms with Crippen molar-refractivity contribution in [2.75, 3.05) is 5.32 Å². The molecule has 0 aliphatic heterocycles. The molecule has 1 aromatic carbocycles. The van der Waals surface area contributed by atoms with Gasteiger partial charge in [-0.3, -0.25) is 0 Å². The molecule has 1 aromatic rings. The maximum atomic E-state index is 5.86. The zero-order valence-electron chi connectivity index (χ0n) is 7.35.